The lowest BCUT2D eigenvalue weighted by Gasteiger charge is -2.09. The molecule has 0 saturated heterocycles. The van der Waals surface area contributed by atoms with Crippen molar-refractivity contribution in [3.05, 3.63) is 69.8 Å². The van der Waals surface area contributed by atoms with E-state index in [2.05, 4.69) is 5.32 Å². The molecular weight excluding hydrogens is 268 g/mol. The molecule has 2 rings (SSSR count). The molecule has 0 aliphatic rings. The summed E-state index contributed by atoms with van der Waals surface area (Å²) in [6, 6.07) is 14.6. The number of rotatable bonds is 7. The van der Waals surface area contributed by atoms with Crippen LogP contribution in [-0.2, 0) is 13.0 Å². The van der Waals surface area contributed by atoms with Crippen molar-refractivity contribution in [2.45, 2.75) is 13.0 Å². The Labute approximate surface area is 123 Å². The quantitative estimate of drug-likeness (QED) is 0.483. The van der Waals surface area contributed by atoms with Crippen LogP contribution in [0.25, 0.3) is 0 Å². The van der Waals surface area contributed by atoms with E-state index in [0.717, 1.165) is 16.9 Å². The lowest BCUT2D eigenvalue weighted by molar-refractivity contribution is -0.385. The molecule has 0 amide bonds. The van der Waals surface area contributed by atoms with Crippen molar-refractivity contribution in [2.75, 3.05) is 13.7 Å². The average molecular weight is 286 g/mol. The SMILES string of the molecule is COc1ccccc1CNCCc1ccccc1[N+](=O)[O-]. The predicted molar refractivity (Wildman–Crippen MR) is 81.5 cm³/mol. The van der Waals surface area contributed by atoms with Gasteiger partial charge in [0.2, 0.25) is 0 Å². The Morgan fingerprint density at radius 2 is 1.76 bits per heavy atom. The van der Waals surface area contributed by atoms with Crippen LogP contribution in [0.3, 0.4) is 0 Å². The summed E-state index contributed by atoms with van der Waals surface area (Å²) in [5.74, 6) is 0.843. The zero-order valence-corrected chi connectivity index (χ0v) is 11.9. The number of methoxy groups -OCH3 is 1. The minimum Gasteiger partial charge on any atom is -0.496 e. The van der Waals surface area contributed by atoms with Crippen molar-refractivity contribution in [1.82, 2.24) is 5.32 Å². The van der Waals surface area contributed by atoms with E-state index in [1.165, 1.54) is 6.07 Å². The fraction of sp³-hybridized carbons (Fsp3) is 0.250. The van der Waals surface area contributed by atoms with Crippen molar-refractivity contribution in [2.24, 2.45) is 0 Å². The van der Waals surface area contributed by atoms with E-state index < -0.39 is 0 Å². The monoisotopic (exact) mass is 286 g/mol. The Kier molecular flexibility index (Phi) is 5.29. The van der Waals surface area contributed by atoms with E-state index in [1.54, 1.807) is 19.2 Å². The van der Waals surface area contributed by atoms with Gasteiger partial charge in [-0.05, 0) is 19.0 Å². The molecule has 0 aromatic heterocycles. The van der Waals surface area contributed by atoms with Crippen molar-refractivity contribution >= 4 is 5.69 Å². The number of nitrogens with one attached hydrogen (secondary N) is 1. The summed E-state index contributed by atoms with van der Waals surface area (Å²) in [5, 5.41) is 14.2. The fourth-order valence-electron chi connectivity index (χ4n) is 2.20. The van der Waals surface area contributed by atoms with Gasteiger partial charge in [-0.25, -0.2) is 0 Å². The van der Waals surface area contributed by atoms with Gasteiger partial charge in [-0.3, -0.25) is 10.1 Å². The van der Waals surface area contributed by atoms with E-state index in [1.807, 2.05) is 30.3 Å². The fourth-order valence-corrected chi connectivity index (χ4v) is 2.20. The third-order valence-corrected chi connectivity index (χ3v) is 3.27. The lowest BCUT2D eigenvalue weighted by Crippen LogP contribution is -2.17. The van der Waals surface area contributed by atoms with Crippen LogP contribution in [-0.4, -0.2) is 18.6 Å². The van der Waals surface area contributed by atoms with Gasteiger partial charge in [0.25, 0.3) is 5.69 Å². The molecule has 2 aromatic carbocycles. The molecule has 0 spiro atoms. The maximum absolute atomic E-state index is 10.9. The molecule has 0 heterocycles. The third kappa shape index (κ3) is 4.03. The molecule has 0 fully saturated rings. The lowest BCUT2D eigenvalue weighted by atomic mass is 10.1. The first-order valence-electron chi connectivity index (χ1n) is 6.77. The first-order valence-corrected chi connectivity index (χ1v) is 6.77. The first kappa shape index (κ1) is 15.0. The highest BCUT2D eigenvalue weighted by atomic mass is 16.6. The first-order chi connectivity index (χ1) is 10.2. The largest absolute Gasteiger partial charge is 0.496 e. The maximum Gasteiger partial charge on any atom is 0.272 e. The van der Waals surface area contributed by atoms with Gasteiger partial charge >= 0.3 is 0 Å². The van der Waals surface area contributed by atoms with E-state index in [4.69, 9.17) is 4.74 Å². The molecule has 0 bridgehead atoms. The Hall–Kier alpha value is -2.40. The predicted octanol–water partition coefficient (Wildman–Crippen LogP) is 2.94. The number of benzene rings is 2. The Bertz CT molecular complexity index is 614. The summed E-state index contributed by atoms with van der Waals surface area (Å²) in [6.07, 6.45) is 0.617. The molecule has 110 valence electrons. The summed E-state index contributed by atoms with van der Waals surface area (Å²) >= 11 is 0. The number of hydrogen-bond donors (Lipinski definition) is 1. The smallest absolute Gasteiger partial charge is 0.272 e. The van der Waals surface area contributed by atoms with Crippen molar-refractivity contribution in [1.29, 1.82) is 0 Å². The molecule has 21 heavy (non-hydrogen) atoms. The van der Waals surface area contributed by atoms with E-state index in [-0.39, 0.29) is 10.6 Å². The second-order valence-electron chi connectivity index (χ2n) is 4.62. The second-order valence-corrected chi connectivity index (χ2v) is 4.62. The molecule has 5 heteroatoms. The Balaban J connectivity index is 1.89. The highest BCUT2D eigenvalue weighted by molar-refractivity contribution is 5.40. The van der Waals surface area contributed by atoms with Crippen LogP contribution in [0.2, 0.25) is 0 Å². The molecule has 5 nitrogen and oxygen atoms in total. The Morgan fingerprint density at radius 1 is 1.10 bits per heavy atom. The molecule has 0 unspecified atom stereocenters. The minimum atomic E-state index is -0.338. The zero-order valence-electron chi connectivity index (χ0n) is 11.9. The minimum absolute atomic E-state index is 0.177. The molecule has 0 atom stereocenters. The summed E-state index contributed by atoms with van der Waals surface area (Å²) in [5.41, 5.74) is 1.99. The molecule has 0 saturated carbocycles. The van der Waals surface area contributed by atoms with Gasteiger partial charge in [0.05, 0.1) is 12.0 Å². The molecule has 1 N–H and O–H groups in total. The van der Waals surface area contributed by atoms with Gasteiger partial charge in [0, 0.05) is 23.7 Å². The van der Waals surface area contributed by atoms with Crippen LogP contribution in [0.4, 0.5) is 5.69 Å². The molecular formula is C16H18N2O3. The van der Waals surface area contributed by atoms with Crippen LogP contribution < -0.4 is 10.1 Å². The Morgan fingerprint density at radius 3 is 2.48 bits per heavy atom. The van der Waals surface area contributed by atoms with Crippen LogP contribution in [0.1, 0.15) is 11.1 Å². The van der Waals surface area contributed by atoms with Crippen LogP contribution in [0.15, 0.2) is 48.5 Å². The number of nitro groups is 1. The summed E-state index contributed by atoms with van der Waals surface area (Å²) in [4.78, 5) is 10.6. The van der Waals surface area contributed by atoms with Crippen molar-refractivity contribution in [3.8, 4) is 5.75 Å². The van der Waals surface area contributed by atoms with Gasteiger partial charge in [0.1, 0.15) is 5.75 Å². The van der Waals surface area contributed by atoms with Gasteiger partial charge in [0.15, 0.2) is 0 Å². The van der Waals surface area contributed by atoms with E-state index in [0.29, 0.717) is 19.5 Å². The highest BCUT2D eigenvalue weighted by Crippen LogP contribution is 2.18. The van der Waals surface area contributed by atoms with Crippen LogP contribution in [0, 0.1) is 10.1 Å². The number of nitrogens with zero attached hydrogens (tertiary/aromatic N) is 1. The van der Waals surface area contributed by atoms with E-state index in [9.17, 15) is 10.1 Å². The zero-order chi connectivity index (χ0) is 15.1. The number of para-hydroxylation sites is 2. The average Bonchev–Trinajstić information content (AvgIpc) is 2.52. The van der Waals surface area contributed by atoms with Crippen LogP contribution >= 0.6 is 0 Å². The molecule has 2 aromatic rings. The molecule has 0 aliphatic carbocycles. The third-order valence-electron chi connectivity index (χ3n) is 3.27. The summed E-state index contributed by atoms with van der Waals surface area (Å²) in [7, 11) is 1.65. The van der Waals surface area contributed by atoms with Gasteiger partial charge in [-0.15, -0.1) is 0 Å². The summed E-state index contributed by atoms with van der Waals surface area (Å²) < 4.78 is 5.28. The second kappa shape index (κ2) is 7.40. The van der Waals surface area contributed by atoms with E-state index >= 15 is 0 Å². The molecule has 0 aliphatic heterocycles. The van der Waals surface area contributed by atoms with Crippen molar-refractivity contribution in [3.63, 3.8) is 0 Å². The van der Waals surface area contributed by atoms with Gasteiger partial charge < -0.3 is 10.1 Å². The standard InChI is InChI=1S/C16H18N2O3/c1-21-16-9-5-3-7-14(16)12-17-11-10-13-6-2-4-8-15(13)18(19)20/h2-9,17H,10-12H2,1H3. The normalized spacial score (nSPS) is 10.3. The van der Waals surface area contributed by atoms with Crippen LogP contribution in [0.5, 0.6) is 5.75 Å². The van der Waals surface area contributed by atoms with Gasteiger partial charge in [-0.2, -0.15) is 0 Å². The number of hydrogen-bond acceptors (Lipinski definition) is 4. The van der Waals surface area contributed by atoms with Gasteiger partial charge in [-0.1, -0.05) is 36.4 Å². The maximum atomic E-state index is 10.9. The topological polar surface area (TPSA) is 64.4 Å². The highest BCUT2D eigenvalue weighted by Gasteiger charge is 2.11. The van der Waals surface area contributed by atoms with Crippen molar-refractivity contribution < 1.29 is 9.66 Å². The number of nitro benzene ring substituents is 1. The number of ether oxygens (including phenoxy) is 1. The summed E-state index contributed by atoms with van der Waals surface area (Å²) in [6.45, 7) is 1.34. The molecule has 0 radical (unpaired) electrons.